The standard InChI is InChI=1S/C22H23N5O3S2/c23-20(29)18-8-4-5-13-27(18)19(28)14-31-22-26-25-21(32-22)24-15-9-11-17(12-10-15)30-16-6-2-1-3-7-16/h1-3,6-7,9-12,18H,4-5,8,13-14H2,(H2,23,29)(H,24,25)/t18-/m1/s1. The number of anilines is 2. The highest BCUT2D eigenvalue weighted by Crippen LogP contribution is 2.30. The SMILES string of the molecule is NC(=O)[C@H]1CCCCN1C(=O)CSc1nnc(Nc2ccc(Oc3ccccc3)cc2)s1. The van der Waals surface area contributed by atoms with Gasteiger partial charge in [0.1, 0.15) is 17.5 Å². The van der Waals surface area contributed by atoms with E-state index in [9.17, 15) is 9.59 Å². The van der Waals surface area contributed by atoms with Gasteiger partial charge >= 0.3 is 0 Å². The van der Waals surface area contributed by atoms with Crippen LogP contribution in [0, 0.1) is 0 Å². The first-order valence-corrected chi connectivity index (χ1v) is 12.0. The van der Waals surface area contributed by atoms with Crippen molar-refractivity contribution in [1.29, 1.82) is 0 Å². The number of nitrogens with two attached hydrogens (primary N) is 1. The van der Waals surface area contributed by atoms with Gasteiger partial charge in [-0.25, -0.2) is 0 Å². The van der Waals surface area contributed by atoms with Crippen molar-refractivity contribution in [2.45, 2.75) is 29.6 Å². The van der Waals surface area contributed by atoms with E-state index in [0.717, 1.165) is 30.0 Å². The third-order valence-corrected chi connectivity index (χ3v) is 6.92. The number of carbonyl (C=O) groups is 2. The number of thioether (sulfide) groups is 1. The summed E-state index contributed by atoms with van der Waals surface area (Å²) in [5.74, 6) is 1.17. The van der Waals surface area contributed by atoms with Gasteiger partial charge < -0.3 is 20.7 Å². The molecule has 1 fully saturated rings. The van der Waals surface area contributed by atoms with Crippen LogP contribution in [0.5, 0.6) is 11.5 Å². The zero-order chi connectivity index (χ0) is 22.3. The fourth-order valence-electron chi connectivity index (χ4n) is 3.41. The van der Waals surface area contributed by atoms with E-state index in [2.05, 4.69) is 15.5 Å². The molecule has 8 nitrogen and oxygen atoms in total. The molecule has 166 valence electrons. The van der Waals surface area contributed by atoms with E-state index in [1.54, 1.807) is 4.90 Å². The maximum atomic E-state index is 12.6. The summed E-state index contributed by atoms with van der Waals surface area (Å²) in [6, 6.07) is 16.6. The molecule has 3 aromatic rings. The van der Waals surface area contributed by atoms with Crippen LogP contribution in [0.25, 0.3) is 0 Å². The van der Waals surface area contributed by atoms with Gasteiger partial charge in [-0.05, 0) is 55.7 Å². The Kier molecular flexibility index (Phi) is 7.23. The largest absolute Gasteiger partial charge is 0.457 e. The van der Waals surface area contributed by atoms with Crippen LogP contribution < -0.4 is 15.8 Å². The molecule has 0 saturated carbocycles. The Morgan fingerprint density at radius 3 is 2.59 bits per heavy atom. The Bertz CT molecular complexity index is 1060. The lowest BCUT2D eigenvalue weighted by atomic mass is 10.0. The Morgan fingerprint density at radius 1 is 1.09 bits per heavy atom. The molecule has 32 heavy (non-hydrogen) atoms. The zero-order valence-electron chi connectivity index (χ0n) is 17.3. The van der Waals surface area contributed by atoms with Gasteiger partial charge in [-0.15, -0.1) is 10.2 Å². The van der Waals surface area contributed by atoms with Crippen LogP contribution in [0.15, 0.2) is 58.9 Å². The van der Waals surface area contributed by atoms with E-state index in [1.807, 2.05) is 54.6 Å². The summed E-state index contributed by atoms with van der Waals surface area (Å²) in [5.41, 5.74) is 6.30. The minimum absolute atomic E-state index is 0.0998. The first-order valence-electron chi connectivity index (χ1n) is 10.2. The summed E-state index contributed by atoms with van der Waals surface area (Å²) in [7, 11) is 0. The van der Waals surface area contributed by atoms with Crippen LogP contribution in [0.4, 0.5) is 10.8 Å². The topological polar surface area (TPSA) is 110 Å². The number of piperidine rings is 1. The van der Waals surface area contributed by atoms with Gasteiger partial charge in [0.25, 0.3) is 0 Å². The maximum Gasteiger partial charge on any atom is 0.240 e. The molecule has 2 amide bonds. The van der Waals surface area contributed by atoms with E-state index in [0.29, 0.717) is 22.4 Å². The minimum atomic E-state index is -0.502. The van der Waals surface area contributed by atoms with Crippen molar-refractivity contribution in [3.63, 3.8) is 0 Å². The van der Waals surface area contributed by atoms with Crippen LogP contribution in [0.3, 0.4) is 0 Å². The predicted molar refractivity (Wildman–Crippen MR) is 125 cm³/mol. The lowest BCUT2D eigenvalue weighted by Gasteiger charge is -2.33. The highest BCUT2D eigenvalue weighted by atomic mass is 32.2. The summed E-state index contributed by atoms with van der Waals surface area (Å²) in [6.07, 6.45) is 2.44. The third kappa shape index (κ3) is 5.77. The van der Waals surface area contributed by atoms with Crippen LogP contribution >= 0.6 is 23.1 Å². The fraction of sp³-hybridized carbons (Fsp3) is 0.273. The monoisotopic (exact) mass is 469 g/mol. The van der Waals surface area contributed by atoms with E-state index in [4.69, 9.17) is 10.5 Å². The van der Waals surface area contributed by atoms with Gasteiger partial charge in [0.2, 0.25) is 16.9 Å². The number of hydrogen-bond donors (Lipinski definition) is 2. The van der Waals surface area contributed by atoms with E-state index >= 15 is 0 Å². The van der Waals surface area contributed by atoms with Crippen molar-refractivity contribution in [2.75, 3.05) is 17.6 Å². The van der Waals surface area contributed by atoms with Gasteiger partial charge in [0.15, 0.2) is 4.34 Å². The predicted octanol–water partition coefficient (Wildman–Crippen LogP) is 4.03. The first-order chi connectivity index (χ1) is 15.6. The minimum Gasteiger partial charge on any atom is -0.457 e. The molecule has 0 bridgehead atoms. The van der Waals surface area contributed by atoms with Crippen LogP contribution in [-0.4, -0.2) is 45.3 Å². The number of ether oxygens (including phenoxy) is 1. The molecule has 1 aliphatic heterocycles. The molecule has 2 heterocycles. The Morgan fingerprint density at radius 2 is 1.84 bits per heavy atom. The fourth-order valence-corrected chi connectivity index (χ4v) is 5.06. The van der Waals surface area contributed by atoms with Crippen molar-refractivity contribution >= 4 is 45.7 Å². The number of nitrogens with zero attached hydrogens (tertiary/aromatic N) is 3. The second kappa shape index (κ2) is 10.5. The molecule has 0 radical (unpaired) electrons. The number of rotatable bonds is 8. The van der Waals surface area contributed by atoms with E-state index < -0.39 is 11.9 Å². The maximum absolute atomic E-state index is 12.6. The molecule has 3 N–H and O–H groups in total. The molecule has 10 heteroatoms. The van der Waals surface area contributed by atoms with Crippen molar-refractivity contribution in [3.8, 4) is 11.5 Å². The molecule has 0 unspecified atom stereocenters. The molecule has 2 aromatic carbocycles. The number of benzene rings is 2. The molecule has 1 atom stereocenters. The average molecular weight is 470 g/mol. The summed E-state index contributed by atoms with van der Waals surface area (Å²) < 4.78 is 6.47. The second-order valence-corrected chi connectivity index (χ2v) is 9.43. The smallest absolute Gasteiger partial charge is 0.240 e. The van der Waals surface area contributed by atoms with Gasteiger partial charge in [0, 0.05) is 12.2 Å². The highest BCUT2D eigenvalue weighted by Gasteiger charge is 2.30. The number of aromatic nitrogens is 2. The van der Waals surface area contributed by atoms with Gasteiger partial charge in [-0.2, -0.15) is 0 Å². The van der Waals surface area contributed by atoms with E-state index in [1.165, 1.54) is 23.1 Å². The Hall–Kier alpha value is -3.11. The highest BCUT2D eigenvalue weighted by molar-refractivity contribution is 8.01. The van der Waals surface area contributed by atoms with Gasteiger partial charge in [-0.1, -0.05) is 41.3 Å². The van der Waals surface area contributed by atoms with Crippen molar-refractivity contribution in [3.05, 3.63) is 54.6 Å². The average Bonchev–Trinajstić information content (AvgIpc) is 3.26. The normalized spacial score (nSPS) is 15.9. The molecule has 1 aromatic heterocycles. The number of hydrogen-bond acceptors (Lipinski definition) is 8. The van der Waals surface area contributed by atoms with Crippen LogP contribution in [0.1, 0.15) is 19.3 Å². The van der Waals surface area contributed by atoms with E-state index in [-0.39, 0.29) is 11.7 Å². The molecular weight excluding hydrogens is 446 g/mol. The number of primary amides is 1. The van der Waals surface area contributed by atoms with Gasteiger partial charge in [-0.3, -0.25) is 9.59 Å². The van der Waals surface area contributed by atoms with Crippen LogP contribution in [0.2, 0.25) is 0 Å². The molecule has 1 aliphatic rings. The van der Waals surface area contributed by atoms with Gasteiger partial charge in [0.05, 0.1) is 5.75 Å². The molecule has 0 aliphatic carbocycles. The van der Waals surface area contributed by atoms with Crippen molar-refractivity contribution in [2.24, 2.45) is 5.73 Å². The first kappa shape index (κ1) is 22.1. The Balaban J connectivity index is 1.29. The second-order valence-electron chi connectivity index (χ2n) is 7.23. The molecule has 4 rings (SSSR count). The number of carbonyl (C=O) groups excluding carboxylic acids is 2. The third-order valence-electron chi connectivity index (χ3n) is 4.96. The van der Waals surface area contributed by atoms with Crippen molar-refractivity contribution < 1.29 is 14.3 Å². The summed E-state index contributed by atoms with van der Waals surface area (Å²) >= 11 is 2.68. The number of nitrogens with one attached hydrogen (secondary N) is 1. The molecule has 1 saturated heterocycles. The molecular formula is C22H23N5O3S2. The summed E-state index contributed by atoms with van der Waals surface area (Å²) in [4.78, 5) is 25.8. The lowest BCUT2D eigenvalue weighted by molar-refractivity contribution is -0.138. The number of amides is 2. The Labute approximate surface area is 194 Å². The van der Waals surface area contributed by atoms with Crippen molar-refractivity contribution in [1.82, 2.24) is 15.1 Å². The quantitative estimate of drug-likeness (QED) is 0.479. The zero-order valence-corrected chi connectivity index (χ0v) is 18.9. The lowest BCUT2D eigenvalue weighted by Crippen LogP contribution is -2.51. The number of likely N-dealkylation sites (tertiary alicyclic amines) is 1. The van der Waals surface area contributed by atoms with Crippen LogP contribution in [-0.2, 0) is 9.59 Å². The molecule has 0 spiro atoms. The summed E-state index contributed by atoms with van der Waals surface area (Å²) in [5, 5.41) is 12.1. The number of para-hydroxylation sites is 1. The summed E-state index contributed by atoms with van der Waals surface area (Å²) in [6.45, 7) is 0.569.